The van der Waals surface area contributed by atoms with E-state index in [-0.39, 0.29) is 20.1 Å². The maximum atomic E-state index is 7.08. The number of hydrogen-bond acceptors (Lipinski definition) is 5. The van der Waals surface area contributed by atoms with Crippen molar-refractivity contribution in [3.63, 3.8) is 0 Å². The summed E-state index contributed by atoms with van der Waals surface area (Å²) < 4.78 is 27.0. The number of nitrogens with zero attached hydrogens (tertiary/aromatic N) is 1. The molecule has 5 nitrogen and oxygen atoms in total. The van der Waals surface area contributed by atoms with Crippen molar-refractivity contribution in [1.82, 2.24) is 0 Å². The normalized spacial score (nSPS) is 14.9. The van der Waals surface area contributed by atoms with Gasteiger partial charge in [-0.05, 0) is 92.2 Å². The largest absolute Gasteiger partial charge is 0.458 e. The molecule has 0 unspecified atom stereocenters. The summed E-state index contributed by atoms with van der Waals surface area (Å²) in [6, 6.07) is 47.1. The molecule has 0 bridgehead atoms. The van der Waals surface area contributed by atoms with Gasteiger partial charge >= 0.3 is 0 Å². The van der Waals surface area contributed by atoms with Crippen molar-refractivity contribution in [3.8, 4) is 46.0 Å². The van der Waals surface area contributed by atoms with Gasteiger partial charge in [-0.3, -0.25) is 0 Å². The van der Waals surface area contributed by atoms with Gasteiger partial charge in [0.15, 0.2) is 0 Å². The minimum atomic E-state index is -0.0619. The van der Waals surface area contributed by atoms with E-state index in [0.717, 1.165) is 73.5 Å². The van der Waals surface area contributed by atoms with E-state index in [1.165, 1.54) is 38.7 Å². The van der Waals surface area contributed by atoms with E-state index in [1.54, 1.807) is 0 Å². The summed E-state index contributed by atoms with van der Waals surface area (Å²) >= 11 is 0. The van der Waals surface area contributed by atoms with Gasteiger partial charge in [-0.25, -0.2) is 0 Å². The fourth-order valence-electron chi connectivity index (χ4n) is 9.60. The van der Waals surface area contributed by atoms with Crippen molar-refractivity contribution in [1.29, 1.82) is 0 Å². The van der Waals surface area contributed by atoms with Gasteiger partial charge < -0.3 is 23.8 Å². The summed E-state index contributed by atoms with van der Waals surface area (Å²) in [4.78, 5) is 2.45. The Morgan fingerprint density at radius 3 is 1.34 bits per heavy atom. The average molecular weight is 637 g/mol. The van der Waals surface area contributed by atoms with E-state index in [9.17, 15) is 0 Å². The molecule has 0 aliphatic carbocycles. The summed E-state index contributed by atoms with van der Waals surface area (Å²) in [5.41, 5.74) is 14.0. The van der Waals surface area contributed by atoms with E-state index in [4.69, 9.17) is 18.9 Å². The molecule has 6 heterocycles. The maximum Gasteiger partial charge on any atom is 0.260 e. The Kier molecular flexibility index (Phi) is 4.55. The van der Waals surface area contributed by atoms with Gasteiger partial charge in [-0.2, -0.15) is 0 Å². The Balaban J connectivity index is 1.09. The van der Waals surface area contributed by atoms with Gasteiger partial charge in [-0.15, -0.1) is 0 Å². The molecule has 0 amide bonds. The second-order valence-electron chi connectivity index (χ2n) is 13.9. The first-order valence-corrected chi connectivity index (χ1v) is 17.2. The molecule has 7 aromatic carbocycles. The molecule has 0 spiro atoms. The number of ether oxygens (including phenoxy) is 4. The molecule has 7 aromatic rings. The van der Waals surface area contributed by atoms with E-state index >= 15 is 0 Å². The van der Waals surface area contributed by atoms with Crippen LogP contribution >= 0.6 is 0 Å². The van der Waals surface area contributed by atoms with Crippen LogP contribution in [0.25, 0.3) is 0 Å². The number of benzene rings is 7. The zero-order valence-corrected chi connectivity index (χ0v) is 26.5. The molecule has 0 radical (unpaired) electrons. The van der Waals surface area contributed by atoms with Crippen LogP contribution in [0.2, 0.25) is 0 Å². The number of fused-ring (bicyclic) bond motifs is 14. The van der Waals surface area contributed by atoms with Gasteiger partial charge in [0.1, 0.15) is 46.0 Å². The molecule has 0 fully saturated rings. The molecular weight excluding hydrogens is 615 g/mol. The monoisotopic (exact) mass is 637 g/mol. The molecule has 0 N–H and O–H groups in total. The van der Waals surface area contributed by atoms with E-state index in [1.807, 2.05) is 24.3 Å². The molecule has 0 saturated heterocycles. The van der Waals surface area contributed by atoms with Crippen molar-refractivity contribution in [2.45, 2.75) is 0 Å². The van der Waals surface area contributed by atoms with E-state index in [2.05, 4.69) is 114 Å². The van der Waals surface area contributed by atoms with Crippen LogP contribution in [0.3, 0.4) is 0 Å². The van der Waals surface area contributed by atoms with Crippen LogP contribution in [-0.4, -0.2) is 20.1 Å². The Morgan fingerprint density at radius 1 is 0.320 bits per heavy atom. The minimum absolute atomic E-state index is 0.0406. The van der Waals surface area contributed by atoms with Crippen LogP contribution in [0.1, 0.15) is 0 Å². The second-order valence-corrected chi connectivity index (χ2v) is 13.9. The lowest BCUT2D eigenvalue weighted by Crippen LogP contribution is -2.67. The first-order valence-electron chi connectivity index (χ1n) is 17.2. The fraction of sp³-hybridized carbons (Fsp3) is 0. The van der Waals surface area contributed by atoms with Gasteiger partial charge in [0.2, 0.25) is 0 Å². The highest BCUT2D eigenvalue weighted by molar-refractivity contribution is 7.04. The Morgan fingerprint density at radius 2 is 0.740 bits per heavy atom. The standard InChI is InChI=1S/C42H22B3NO4/c1-5-14-29-23(10-1)43-25-12-3-8-17-32(25)48-37-22-38-41-42(40(37)43)46(29)30-15-6-2-11-24(30)44(41)27-20-35-28(21-36(27)50-38)45-26-13-4-7-16-31(26)47-33-18-9-19-34(49-35)39(33)45/h1-22H. The quantitative estimate of drug-likeness (QED) is 0.237. The van der Waals surface area contributed by atoms with Crippen molar-refractivity contribution in [2.24, 2.45) is 0 Å². The molecular formula is C42H22B3NO4. The van der Waals surface area contributed by atoms with Gasteiger partial charge in [0, 0.05) is 28.6 Å². The summed E-state index contributed by atoms with van der Waals surface area (Å²) in [6.45, 7) is -0.0598. The lowest BCUT2D eigenvalue weighted by atomic mass is 9.29. The van der Waals surface area contributed by atoms with Crippen molar-refractivity contribution in [3.05, 3.63) is 133 Å². The summed E-state index contributed by atoms with van der Waals surface area (Å²) in [6.07, 6.45) is 0. The minimum Gasteiger partial charge on any atom is -0.458 e. The lowest BCUT2D eigenvalue weighted by molar-refractivity contribution is 0.458. The van der Waals surface area contributed by atoms with Crippen LogP contribution < -0.4 is 73.0 Å². The Labute approximate surface area is 288 Å². The predicted molar refractivity (Wildman–Crippen MR) is 201 cm³/mol. The van der Waals surface area contributed by atoms with Crippen molar-refractivity contribution < 1.29 is 18.9 Å². The van der Waals surface area contributed by atoms with Gasteiger partial charge in [0.05, 0.1) is 0 Å². The fourth-order valence-corrected chi connectivity index (χ4v) is 9.60. The van der Waals surface area contributed by atoms with E-state index in [0.29, 0.717) is 0 Å². The van der Waals surface area contributed by atoms with Crippen LogP contribution in [0.5, 0.6) is 46.0 Å². The van der Waals surface area contributed by atoms with Crippen LogP contribution in [0, 0.1) is 0 Å². The Hall–Kier alpha value is -6.27. The van der Waals surface area contributed by atoms with Gasteiger partial charge in [0.25, 0.3) is 20.1 Å². The highest BCUT2D eigenvalue weighted by atomic mass is 16.5. The molecule has 0 aromatic heterocycles. The number of hydrogen-bond donors (Lipinski definition) is 0. The summed E-state index contributed by atoms with van der Waals surface area (Å²) in [5.74, 6) is 6.81. The van der Waals surface area contributed by atoms with Crippen molar-refractivity contribution in [2.75, 3.05) is 4.90 Å². The molecule has 0 atom stereocenters. The van der Waals surface area contributed by atoms with Crippen LogP contribution in [-0.2, 0) is 0 Å². The van der Waals surface area contributed by atoms with Crippen molar-refractivity contribution >= 4 is 86.4 Å². The smallest absolute Gasteiger partial charge is 0.260 e. The molecule has 6 aliphatic heterocycles. The first kappa shape index (κ1) is 25.7. The average Bonchev–Trinajstić information content (AvgIpc) is 3.16. The zero-order valence-electron chi connectivity index (χ0n) is 26.5. The predicted octanol–water partition coefficient (Wildman–Crippen LogP) is 3.75. The van der Waals surface area contributed by atoms with E-state index < -0.39 is 0 Å². The number of rotatable bonds is 0. The molecule has 228 valence electrons. The lowest BCUT2D eigenvalue weighted by Gasteiger charge is -2.47. The number of para-hydroxylation sites is 4. The summed E-state index contributed by atoms with van der Waals surface area (Å²) in [5, 5.41) is 0. The van der Waals surface area contributed by atoms with Gasteiger partial charge in [-0.1, -0.05) is 78.9 Å². The summed E-state index contributed by atoms with van der Waals surface area (Å²) in [7, 11) is 0. The molecule has 6 aliphatic rings. The number of anilines is 3. The SMILES string of the molecule is c1ccc2c(c1)Oc1cccc3c1B2c1cc2c(cc1O3)B1c3ccccc3N3c4ccccc4B4c5ccccc5Oc5cc(c1c3c54)O2. The molecule has 8 heteroatoms. The third-order valence-electron chi connectivity index (χ3n) is 11.5. The topological polar surface area (TPSA) is 40.2 Å². The van der Waals surface area contributed by atoms with Crippen LogP contribution in [0.4, 0.5) is 17.1 Å². The highest BCUT2D eigenvalue weighted by Crippen LogP contribution is 2.46. The maximum absolute atomic E-state index is 7.08. The Bertz CT molecular complexity index is 2730. The van der Waals surface area contributed by atoms with Crippen LogP contribution in [0.15, 0.2) is 133 Å². The first-order chi connectivity index (χ1) is 24.8. The highest BCUT2D eigenvalue weighted by Gasteiger charge is 2.51. The third-order valence-corrected chi connectivity index (χ3v) is 11.5. The zero-order chi connectivity index (χ0) is 32.2. The molecule has 50 heavy (non-hydrogen) atoms. The third kappa shape index (κ3) is 3.01. The molecule has 13 rings (SSSR count). The second kappa shape index (κ2) is 8.85. The molecule has 0 saturated carbocycles.